The van der Waals surface area contributed by atoms with Gasteiger partial charge in [-0.2, -0.15) is 0 Å². The Bertz CT molecular complexity index is 216. The van der Waals surface area contributed by atoms with E-state index in [-0.39, 0.29) is 5.91 Å². The zero-order chi connectivity index (χ0) is 7.56. The monoisotopic (exact) mass is 154 g/mol. The van der Waals surface area contributed by atoms with Gasteiger partial charge in [-0.1, -0.05) is 0 Å². The van der Waals surface area contributed by atoms with Crippen LogP contribution in [-0.4, -0.2) is 24.9 Å². The fourth-order valence-corrected chi connectivity index (χ4v) is 1.16. The van der Waals surface area contributed by atoms with Crippen LogP contribution >= 0.6 is 11.3 Å². The Morgan fingerprint density at radius 1 is 1.70 bits per heavy atom. The Hall–Kier alpha value is -0.830. The van der Waals surface area contributed by atoms with Crippen LogP contribution in [0, 0.1) is 5.38 Å². The summed E-state index contributed by atoms with van der Waals surface area (Å²) in [6.45, 7) is 0. The van der Waals surface area contributed by atoms with E-state index in [0.717, 1.165) is 5.56 Å². The van der Waals surface area contributed by atoms with E-state index in [0.29, 0.717) is 0 Å². The zero-order valence-corrected chi connectivity index (χ0v) is 6.73. The summed E-state index contributed by atoms with van der Waals surface area (Å²) >= 11 is 1.41. The van der Waals surface area contributed by atoms with Crippen molar-refractivity contribution in [2.75, 3.05) is 14.1 Å². The molecule has 1 aromatic rings. The molecule has 2 nitrogen and oxygen atoms in total. The third-order valence-corrected chi connectivity index (χ3v) is 1.75. The second kappa shape index (κ2) is 2.84. The second-order valence-corrected chi connectivity index (χ2v) is 2.86. The minimum atomic E-state index is 0.0394. The minimum Gasteiger partial charge on any atom is -0.345 e. The molecule has 3 heteroatoms. The summed E-state index contributed by atoms with van der Waals surface area (Å²) in [7, 11) is 3.47. The lowest BCUT2D eigenvalue weighted by Gasteiger charge is -2.07. The summed E-state index contributed by atoms with van der Waals surface area (Å²) in [6.07, 6.45) is 0. The fraction of sp³-hybridized carbons (Fsp3) is 0.286. The van der Waals surface area contributed by atoms with Crippen molar-refractivity contribution in [3.8, 4) is 0 Å². The number of nitrogens with zero attached hydrogens (tertiary/aromatic N) is 1. The molecular formula is C7H8NOS. The Labute approximate surface area is 64.1 Å². The van der Waals surface area contributed by atoms with E-state index in [4.69, 9.17) is 0 Å². The molecule has 1 radical (unpaired) electrons. The van der Waals surface area contributed by atoms with E-state index in [1.165, 1.54) is 11.3 Å². The van der Waals surface area contributed by atoms with Crippen molar-refractivity contribution in [2.24, 2.45) is 0 Å². The average Bonchev–Trinajstić information content (AvgIpc) is 2.36. The highest BCUT2D eigenvalue weighted by molar-refractivity contribution is 7.07. The first-order valence-corrected chi connectivity index (χ1v) is 3.76. The van der Waals surface area contributed by atoms with Crippen molar-refractivity contribution in [2.45, 2.75) is 0 Å². The highest BCUT2D eigenvalue weighted by Gasteiger charge is 2.06. The van der Waals surface area contributed by atoms with E-state index < -0.39 is 0 Å². The molecule has 1 aromatic heterocycles. The topological polar surface area (TPSA) is 20.3 Å². The van der Waals surface area contributed by atoms with E-state index >= 15 is 0 Å². The van der Waals surface area contributed by atoms with Gasteiger partial charge in [-0.15, -0.1) is 11.3 Å². The van der Waals surface area contributed by atoms with Crippen molar-refractivity contribution < 1.29 is 4.79 Å². The largest absolute Gasteiger partial charge is 0.345 e. The third-order valence-electron chi connectivity index (χ3n) is 1.12. The first-order chi connectivity index (χ1) is 4.72. The maximum Gasteiger partial charge on any atom is 0.254 e. The third kappa shape index (κ3) is 1.36. The molecule has 1 heterocycles. The quantitative estimate of drug-likeness (QED) is 0.596. The molecule has 0 aliphatic rings. The molecular weight excluding hydrogens is 146 g/mol. The normalized spacial score (nSPS) is 9.40. The first kappa shape index (κ1) is 7.28. The highest BCUT2D eigenvalue weighted by atomic mass is 32.1. The van der Waals surface area contributed by atoms with E-state index in [1.807, 2.05) is 0 Å². The summed E-state index contributed by atoms with van der Waals surface area (Å²) < 4.78 is 0. The van der Waals surface area contributed by atoms with Crippen molar-refractivity contribution in [1.82, 2.24) is 4.90 Å². The number of thiophene rings is 1. The van der Waals surface area contributed by atoms with Crippen molar-refractivity contribution in [3.63, 3.8) is 0 Å². The number of hydrogen-bond acceptors (Lipinski definition) is 2. The van der Waals surface area contributed by atoms with Crippen LogP contribution in [0.3, 0.4) is 0 Å². The van der Waals surface area contributed by atoms with Crippen LogP contribution in [0.15, 0.2) is 11.4 Å². The van der Waals surface area contributed by atoms with Gasteiger partial charge < -0.3 is 4.90 Å². The Balaban J connectivity index is 2.78. The second-order valence-electron chi connectivity index (χ2n) is 2.15. The van der Waals surface area contributed by atoms with Gasteiger partial charge in [0.15, 0.2) is 0 Å². The van der Waals surface area contributed by atoms with Crippen molar-refractivity contribution in [1.29, 1.82) is 0 Å². The van der Waals surface area contributed by atoms with Gasteiger partial charge in [-0.05, 0) is 6.07 Å². The van der Waals surface area contributed by atoms with E-state index in [9.17, 15) is 4.79 Å². The van der Waals surface area contributed by atoms with Crippen LogP contribution < -0.4 is 0 Å². The molecule has 0 aliphatic heterocycles. The minimum absolute atomic E-state index is 0.0394. The molecule has 0 saturated carbocycles. The lowest BCUT2D eigenvalue weighted by molar-refractivity contribution is 0.0828. The molecule has 0 fully saturated rings. The highest BCUT2D eigenvalue weighted by Crippen LogP contribution is 2.06. The van der Waals surface area contributed by atoms with Gasteiger partial charge in [0.25, 0.3) is 5.91 Å². The van der Waals surface area contributed by atoms with Crippen LogP contribution in [0.4, 0.5) is 0 Å². The smallest absolute Gasteiger partial charge is 0.254 e. The standard InChI is InChI=1S/C7H8NOS/c1-8(2)7(9)6-3-4-10-5-6/h3,5H,1-2H3. The molecule has 0 aliphatic carbocycles. The van der Waals surface area contributed by atoms with Gasteiger partial charge in [0.05, 0.1) is 5.56 Å². The lowest BCUT2D eigenvalue weighted by atomic mass is 10.3. The molecule has 10 heavy (non-hydrogen) atoms. The molecule has 0 N–H and O–H groups in total. The van der Waals surface area contributed by atoms with Gasteiger partial charge in [-0.3, -0.25) is 4.79 Å². The molecule has 0 unspecified atom stereocenters. The van der Waals surface area contributed by atoms with Gasteiger partial charge >= 0.3 is 0 Å². The SMILES string of the molecule is CN(C)C(=O)c1c[c]sc1. The maximum absolute atomic E-state index is 11.1. The van der Waals surface area contributed by atoms with Gasteiger partial charge in [0.2, 0.25) is 0 Å². The van der Waals surface area contributed by atoms with Crippen LogP contribution in [0.1, 0.15) is 10.4 Å². The summed E-state index contributed by atoms with van der Waals surface area (Å²) in [4.78, 5) is 12.7. The number of hydrogen-bond donors (Lipinski definition) is 0. The lowest BCUT2D eigenvalue weighted by Crippen LogP contribution is -2.20. The van der Waals surface area contributed by atoms with Gasteiger partial charge in [-0.25, -0.2) is 0 Å². The summed E-state index contributed by atoms with van der Waals surface area (Å²) in [6, 6.07) is 1.70. The number of rotatable bonds is 1. The molecule has 53 valence electrons. The maximum atomic E-state index is 11.1. The predicted octanol–water partition coefficient (Wildman–Crippen LogP) is 1.25. The number of carbonyl (C=O) groups is 1. The number of amides is 1. The summed E-state index contributed by atoms with van der Waals surface area (Å²) in [5.41, 5.74) is 0.718. The Morgan fingerprint density at radius 3 is 2.80 bits per heavy atom. The van der Waals surface area contributed by atoms with Crippen LogP contribution in [-0.2, 0) is 0 Å². The predicted molar refractivity (Wildman–Crippen MR) is 41.2 cm³/mol. The summed E-state index contributed by atoms with van der Waals surface area (Å²) in [5.74, 6) is 0.0394. The fourth-order valence-electron chi connectivity index (χ4n) is 0.599. The Kier molecular flexibility index (Phi) is 2.06. The van der Waals surface area contributed by atoms with Crippen molar-refractivity contribution >= 4 is 17.2 Å². The average molecular weight is 154 g/mol. The molecule has 0 bridgehead atoms. The van der Waals surface area contributed by atoms with Crippen LogP contribution in [0.25, 0.3) is 0 Å². The van der Waals surface area contributed by atoms with E-state index in [1.54, 1.807) is 30.4 Å². The van der Waals surface area contributed by atoms with Crippen LogP contribution in [0.5, 0.6) is 0 Å². The molecule has 0 spiro atoms. The zero-order valence-electron chi connectivity index (χ0n) is 5.92. The molecule has 0 atom stereocenters. The first-order valence-electron chi connectivity index (χ1n) is 2.88. The van der Waals surface area contributed by atoms with Gasteiger partial charge in [0.1, 0.15) is 0 Å². The number of carbonyl (C=O) groups excluding carboxylic acids is 1. The van der Waals surface area contributed by atoms with Gasteiger partial charge in [0, 0.05) is 24.9 Å². The summed E-state index contributed by atoms with van der Waals surface area (Å²) in [5, 5.41) is 4.65. The van der Waals surface area contributed by atoms with Crippen molar-refractivity contribution in [3.05, 3.63) is 22.4 Å². The van der Waals surface area contributed by atoms with E-state index in [2.05, 4.69) is 5.38 Å². The molecule has 0 aromatic carbocycles. The van der Waals surface area contributed by atoms with Crippen LogP contribution in [0.2, 0.25) is 0 Å². The Morgan fingerprint density at radius 2 is 2.40 bits per heavy atom. The molecule has 1 rings (SSSR count). The molecule has 1 amide bonds. The molecule has 0 saturated heterocycles.